The molecule has 94 valence electrons. The first kappa shape index (κ1) is 12.4. The van der Waals surface area contributed by atoms with Crippen LogP contribution in [0.4, 0.5) is 5.69 Å². The van der Waals surface area contributed by atoms with Crippen LogP contribution in [-0.2, 0) is 4.74 Å². The van der Waals surface area contributed by atoms with E-state index in [0.717, 1.165) is 39.4 Å². The Morgan fingerprint density at radius 2 is 1.94 bits per heavy atom. The van der Waals surface area contributed by atoms with Crippen molar-refractivity contribution in [1.82, 2.24) is 4.90 Å². The van der Waals surface area contributed by atoms with E-state index < -0.39 is 0 Å². The molecule has 17 heavy (non-hydrogen) atoms. The highest BCUT2D eigenvalue weighted by Gasteiger charge is 2.11. The molecule has 0 aliphatic carbocycles. The summed E-state index contributed by atoms with van der Waals surface area (Å²) in [6.07, 6.45) is 0. The van der Waals surface area contributed by atoms with E-state index in [1.165, 1.54) is 11.3 Å². The first-order chi connectivity index (χ1) is 8.27. The van der Waals surface area contributed by atoms with Crippen LogP contribution in [0.15, 0.2) is 24.3 Å². The Kier molecular flexibility index (Phi) is 4.40. The number of ether oxygens (including phenoxy) is 1. The van der Waals surface area contributed by atoms with Gasteiger partial charge in [-0.25, -0.2) is 0 Å². The Morgan fingerprint density at radius 3 is 2.65 bits per heavy atom. The van der Waals surface area contributed by atoms with Gasteiger partial charge in [-0.3, -0.25) is 4.90 Å². The first-order valence-electron chi connectivity index (χ1n) is 6.34. The molecule has 0 saturated carbocycles. The van der Waals surface area contributed by atoms with Crippen LogP contribution < -0.4 is 4.90 Å². The highest BCUT2D eigenvalue weighted by molar-refractivity contribution is 5.52. The Hall–Kier alpha value is -1.06. The van der Waals surface area contributed by atoms with Gasteiger partial charge in [0.2, 0.25) is 0 Å². The van der Waals surface area contributed by atoms with E-state index in [1.807, 2.05) is 0 Å². The predicted molar refractivity (Wildman–Crippen MR) is 71.7 cm³/mol. The van der Waals surface area contributed by atoms with E-state index in [2.05, 4.69) is 48.0 Å². The second-order valence-corrected chi connectivity index (χ2v) is 4.66. The fraction of sp³-hybridized carbons (Fsp3) is 0.571. The maximum absolute atomic E-state index is 5.35. The molecule has 0 N–H and O–H groups in total. The van der Waals surface area contributed by atoms with Crippen LogP contribution in [0, 0.1) is 6.92 Å². The zero-order valence-corrected chi connectivity index (χ0v) is 10.9. The summed E-state index contributed by atoms with van der Waals surface area (Å²) < 4.78 is 5.35. The van der Waals surface area contributed by atoms with E-state index in [1.54, 1.807) is 0 Å². The number of benzene rings is 1. The summed E-state index contributed by atoms with van der Waals surface area (Å²) in [5.41, 5.74) is 2.68. The maximum Gasteiger partial charge on any atom is 0.0594 e. The SMILES string of the molecule is Cc1ccccc1N(C)CCN1CCOCC1. The third-order valence-electron chi connectivity index (χ3n) is 3.38. The molecule has 0 bridgehead atoms. The highest BCUT2D eigenvalue weighted by Crippen LogP contribution is 2.17. The Labute approximate surface area is 104 Å². The van der Waals surface area contributed by atoms with E-state index >= 15 is 0 Å². The van der Waals surface area contributed by atoms with Gasteiger partial charge >= 0.3 is 0 Å². The van der Waals surface area contributed by atoms with E-state index in [4.69, 9.17) is 4.74 Å². The Bertz CT molecular complexity index is 348. The molecule has 1 aliphatic heterocycles. The third kappa shape index (κ3) is 3.45. The van der Waals surface area contributed by atoms with Crippen molar-refractivity contribution < 1.29 is 4.74 Å². The fourth-order valence-corrected chi connectivity index (χ4v) is 2.23. The molecule has 1 aromatic carbocycles. The smallest absolute Gasteiger partial charge is 0.0594 e. The van der Waals surface area contributed by atoms with Crippen molar-refractivity contribution in [3.05, 3.63) is 29.8 Å². The first-order valence-corrected chi connectivity index (χ1v) is 6.34. The molecule has 0 aromatic heterocycles. The van der Waals surface area contributed by atoms with Gasteiger partial charge in [0.05, 0.1) is 13.2 Å². The largest absolute Gasteiger partial charge is 0.379 e. The second kappa shape index (κ2) is 6.03. The lowest BCUT2D eigenvalue weighted by atomic mass is 10.2. The number of para-hydroxylation sites is 1. The molecule has 1 saturated heterocycles. The summed E-state index contributed by atoms with van der Waals surface area (Å²) in [6, 6.07) is 8.55. The number of likely N-dealkylation sites (N-methyl/N-ethyl adjacent to an activating group) is 1. The molecule has 0 unspecified atom stereocenters. The predicted octanol–water partition coefficient (Wildman–Crippen LogP) is 1.76. The van der Waals surface area contributed by atoms with Gasteiger partial charge in [-0.05, 0) is 18.6 Å². The molecule has 1 aromatic rings. The van der Waals surface area contributed by atoms with Crippen LogP contribution in [0.3, 0.4) is 0 Å². The number of hydrogen-bond acceptors (Lipinski definition) is 3. The maximum atomic E-state index is 5.35. The van der Waals surface area contributed by atoms with Gasteiger partial charge in [0.15, 0.2) is 0 Å². The van der Waals surface area contributed by atoms with Crippen LogP contribution in [0.1, 0.15) is 5.56 Å². The Morgan fingerprint density at radius 1 is 1.24 bits per heavy atom. The summed E-state index contributed by atoms with van der Waals surface area (Å²) in [7, 11) is 2.17. The van der Waals surface area contributed by atoms with E-state index in [-0.39, 0.29) is 0 Å². The molecule has 3 heteroatoms. The van der Waals surface area contributed by atoms with Crippen LogP contribution in [0.25, 0.3) is 0 Å². The lowest BCUT2D eigenvalue weighted by Gasteiger charge is -2.29. The van der Waals surface area contributed by atoms with Gasteiger partial charge in [0.1, 0.15) is 0 Å². The van der Waals surface area contributed by atoms with Gasteiger partial charge < -0.3 is 9.64 Å². The number of nitrogens with zero attached hydrogens (tertiary/aromatic N) is 2. The normalized spacial score (nSPS) is 17.1. The minimum atomic E-state index is 0.883. The summed E-state index contributed by atoms with van der Waals surface area (Å²) in [5.74, 6) is 0. The van der Waals surface area contributed by atoms with Gasteiger partial charge in [0, 0.05) is 38.9 Å². The average Bonchev–Trinajstić information content (AvgIpc) is 2.38. The van der Waals surface area contributed by atoms with Crippen molar-refractivity contribution in [3.8, 4) is 0 Å². The fourth-order valence-electron chi connectivity index (χ4n) is 2.23. The van der Waals surface area contributed by atoms with Crippen molar-refractivity contribution in [3.63, 3.8) is 0 Å². The standard InChI is InChI=1S/C14H22N2O/c1-13-5-3-4-6-14(13)15(2)7-8-16-9-11-17-12-10-16/h3-6H,7-12H2,1-2H3. The highest BCUT2D eigenvalue weighted by atomic mass is 16.5. The topological polar surface area (TPSA) is 15.7 Å². The molecule has 2 rings (SSSR count). The molecule has 1 fully saturated rings. The van der Waals surface area contributed by atoms with Crippen LogP contribution >= 0.6 is 0 Å². The molecule has 0 spiro atoms. The summed E-state index contributed by atoms with van der Waals surface area (Å²) >= 11 is 0. The number of anilines is 1. The van der Waals surface area contributed by atoms with Crippen molar-refractivity contribution in [2.24, 2.45) is 0 Å². The molecule has 0 atom stereocenters. The summed E-state index contributed by atoms with van der Waals surface area (Å²) in [5, 5.41) is 0. The van der Waals surface area contributed by atoms with Crippen molar-refractivity contribution in [2.75, 3.05) is 51.3 Å². The number of hydrogen-bond donors (Lipinski definition) is 0. The molecule has 3 nitrogen and oxygen atoms in total. The van der Waals surface area contributed by atoms with Crippen LogP contribution in [-0.4, -0.2) is 51.3 Å². The molecular formula is C14H22N2O. The zero-order valence-electron chi connectivity index (χ0n) is 10.9. The third-order valence-corrected chi connectivity index (χ3v) is 3.38. The van der Waals surface area contributed by atoms with Gasteiger partial charge in [-0.2, -0.15) is 0 Å². The van der Waals surface area contributed by atoms with Gasteiger partial charge in [-0.1, -0.05) is 18.2 Å². The Balaban J connectivity index is 1.84. The molecule has 0 radical (unpaired) electrons. The number of aryl methyl sites for hydroxylation is 1. The lowest BCUT2D eigenvalue weighted by Crippen LogP contribution is -2.40. The monoisotopic (exact) mass is 234 g/mol. The second-order valence-electron chi connectivity index (χ2n) is 4.66. The quantitative estimate of drug-likeness (QED) is 0.789. The molecule has 0 amide bonds. The van der Waals surface area contributed by atoms with Crippen LogP contribution in [0.2, 0.25) is 0 Å². The lowest BCUT2D eigenvalue weighted by molar-refractivity contribution is 0.0393. The molecule has 1 heterocycles. The van der Waals surface area contributed by atoms with Gasteiger partial charge in [0.25, 0.3) is 0 Å². The van der Waals surface area contributed by atoms with Crippen molar-refractivity contribution >= 4 is 5.69 Å². The summed E-state index contributed by atoms with van der Waals surface area (Å²) in [6.45, 7) is 8.27. The van der Waals surface area contributed by atoms with E-state index in [0.29, 0.717) is 0 Å². The number of morpholine rings is 1. The van der Waals surface area contributed by atoms with Gasteiger partial charge in [-0.15, -0.1) is 0 Å². The van der Waals surface area contributed by atoms with E-state index in [9.17, 15) is 0 Å². The van der Waals surface area contributed by atoms with Crippen molar-refractivity contribution in [2.45, 2.75) is 6.92 Å². The minimum absolute atomic E-state index is 0.883. The zero-order chi connectivity index (χ0) is 12.1. The molecule has 1 aliphatic rings. The average molecular weight is 234 g/mol. The minimum Gasteiger partial charge on any atom is -0.379 e. The van der Waals surface area contributed by atoms with Crippen LogP contribution in [0.5, 0.6) is 0 Å². The molecular weight excluding hydrogens is 212 g/mol. The van der Waals surface area contributed by atoms with Crippen molar-refractivity contribution in [1.29, 1.82) is 0 Å². The summed E-state index contributed by atoms with van der Waals surface area (Å²) in [4.78, 5) is 4.81. The number of rotatable bonds is 4.